The highest BCUT2D eigenvalue weighted by Gasteiger charge is 2.20. The molecule has 0 aliphatic rings. The monoisotopic (exact) mass is 493 g/mol. The van der Waals surface area contributed by atoms with E-state index in [9.17, 15) is 19.5 Å². The number of aromatic nitrogens is 1. The lowest BCUT2D eigenvalue weighted by Gasteiger charge is -2.18. The summed E-state index contributed by atoms with van der Waals surface area (Å²) in [6.07, 6.45) is 1.19. The average molecular weight is 495 g/mol. The van der Waals surface area contributed by atoms with Crippen molar-refractivity contribution in [3.05, 3.63) is 97.3 Å². The topological polar surface area (TPSA) is 100 Å². The van der Waals surface area contributed by atoms with Gasteiger partial charge in [0.1, 0.15) is 5.69 Å². The van der Waals surface area contributed by atoms with Gasteiger partial charge in [0.05, 0.1) is 29.1 Å². The van der Waals surface area contributed by atoms with Gasteiger partial charge >= 0.3 is 12.0 Å². The van der Waals surface area contributed by atoms with Crippen molar-refractivity contribution < 1.29 is 14.7 Å². The zero-order chi connectivity index (χ0) is 23.3. The summed E-state index contributed by atoms with van der Waals surface area (Å²) < 4.78 is 1.41. The van der Waals surface area contributed by atoms with E-state index < -0.39 is 30.0 Å². The van der Waals surface area contributed by atoms with Gasteiger partial charge in [0.15, 0.2) is 0 Å². The smallest absolute Gasteiger partial charge is 0.319 e. The Morgan fingerprint density at radius 1 is 0.969 bits per heavy atom. The number of nitrogens with zero attached hydrogens (tertiary/aromatic N) is 1. The van der Waals surface area contributed by atoms with Crippen LogP contribution >= 0.6 is 34.8 Å². The maximum absolute atomic E-state index is 12.8. The van der Waals surface area contributed by atoms with Gasteiger partial charge in [0.25, 0.3) is 5.56 Å². The number of hydrogen-bond donors (Lipinski definition) is 3. The van der Waals surface area contributed by atoms with Crippen molar-refractivity contribution in [1.82, 2.24) is 9.88 Å². The van der Waals surface area contributed by atoms with Crippen molar-refractivity contribution >= 4 is 52.5 Å². The number of anilines is 1. The molecule has 1 aromatic heterocycles. The second kappa shape index (κ2) is 10.5. The van der Waals surface area contributed by atoms with Crippen molar-refractivity contribution in [3.8, 4) is 0 Å². The van der Waals surface area contributed by atoms with Crippen LogP contribution in [0.5, 0.6) is 0 Å². The van der Waals surface area contributed by atoms with Crippen LogP contribution in [0.4, 0.5) is 10.5 Å². The van der Waals surface area contributed by atoms with Crippen LogP contribution in [0, 0.1) is 0 Å². The summed E-state index contributed by atoms with van der Waals surface area (Å²) in [5.41, 5.74) is 0.798. The number of urea groups is 1. The molecule has 32 heavy (non-hydrogen) atoms. The average Bonchev–Trinajstić information content (AvgIpc) is 2.73. The molecule has 0 aliphatic carbocycles. The van der Waals surface area contributed by atoms with Gasteiger partial charge in [-0.1, -0.05) is 59.1 Å². The summed E-state index contributed by atoms with van der Waals surface area (Å²) in [6, 6.07) is 13.1. The molecular weight excluding hydrogens is 477 g/mol. The number of hydrogen-bond acceptors (Lipinski definition) is 3. The molecule has 1 heterocycles. The normalized spacial score (nSPS) is 11.6. The number of pyridine rings is 1. The number of carboxylic acid groups (broad SMARTS) is 1. The fraction of sp³-hybridized carbons (Fsp3) is 0.136. The summed E-state index contributed by atoms with van der Waals surface area (Å²) in [4.78, 5) is 36.6. The standard InChI is InChI=1S/C22H18Cl3N3O4/c23-15-5-2-1-4-14(15)12-28-9-3-6-18(21(28)31)26-22(32)27-19(11-20(29)30)13-7-8-16(24)17(25)10-13/h1-10,19H,11-12H2,(H,29,30)(H2,26,27,32). The summed E-state index contributed by atoms with van der Waals surface area (Å²) in [7, 11) is 0. The number of amides is 2. The van der Waals surface area contributed by atoms with Gasteiger partial charge in [-0.2, -0.15) is 0 Å². The first kappa shape index (κ1) is 23.7. The molecule has 1 atom stereocenters. The highest BCUT2D eigenvalue weighted by molar-refractivity contribution is 6.42. The van der Waals surface area contributed by atoms with Gasteiger partial charge in [0, 0.05) is 11.2 Å². The van der Waals surface area contributed by atoms with Crippen LogP contribution in [0.2, 0.25) is 15.1 Å². The maximum atomic E-state index is 12.8. The molecule has 0 radical (unpaired) electrons. The molecule has 3 aromatic rings. The highest BCUT2D eigenvalue weighted by Crippen LogP contribution is 2.27. The zero-order valence-electron chi connectivity index (χ0n) is 16.5. The van der Waals surface area contributed by atoms with Crippen LogP contribution < -0.4 is 16.2 Å². The summed E-state index contributed by atoms with van der Waals surface area (Å²) in [6.45, 7) is 0.223. The first-order valence-electron chi connectivity index (χ1n) is 9.41. The molecule has 0 spiro atoms. The van der Waals surface area contributed by atoms with E-state index in [1.807, 2.05) is 6.07 Å². The number of carbonyl (C=O) groups excluding carboxylic acids is 1. The molecule has 3 N–H and O–H groups in total. The largest absolute Gasteiger partial charge is 0.481 e. The Hall–Kier alpha value is -3.00. The molecular formula is C22H18Cl3N3O4. The van der Waals surface area contributed by atoms with Crippen LogP contribution in [0.25, 0.3) is 0 Å². The lowest BCUT2D eigenvalue weighted by atomic mass is 10.0. The van der Waals surface area contributed by atoms with E-state index in [0.717, 1.165) is 5.56 Å². The fourth-order valence-electron chi connectivity index (χ4n) is 3.04. The molecule has 0 fully saturated rings. The minimum absolute atomic E-state index is 0.0280. The van der Waals surface area contributed by atoms with Crippen LogP contribution in [-0.2, 0) is 11.3 Å². The minimum atomic E-state index is -1.12. The van der Waals surface area contributed by atoms with E-state index in [-0.39, 0.29) is 17.3 Å². The number of nitrogens with one attached hydrogen (secondary N) is 2. The van der Waals surface area contributed by atoms with E-state index in [4.69, 9.17) is 34.8 Å². The Kier molecular flexibility index (Phi) is 7.80. The molecule has 0 bridgehead atoms. The molecule has 2 aromatic carbocycles. The van der Waals surface area contributed by atoms with Gasteiger partial charge in [-0.25, -0.2) is 4.79 Å². The number of benzene rings is 2. The highest BCUT2D eigenvalue weighted by atomic mass is 35.5. The Bertz CT molecular complexity index is 1210. The molecule has 0 saturated carbocycles. The summed E-state index contributed by atoms with van der Waals surface area (Å²) >= 11 is 18.1. The molecule has 10 heteroatoms. The van der Waals surface area contributed by atoms with Gasteiger partial charge in [-0.15, -0.1) is 0 Å². The molecule has 0 aliphatic heterocycles. The second-order valence-corrected chi connectivity index (χ2v) is 8.09. The van der Waals surface area contributed by atoms with Crippen molar-refractivity contribution in [2.75, 3.05) is 5.32 Å². The molecule has 1 unspecified atom stereocenters. The first-order valence-corrected chi connectivity index (χ1v) is 10.5. The quantitative estimate of drug-likeness (QED) is 0.420. The zero-order valence-corrected chi connectivity index (χ0v) is 18.8. The number of aliphatic carboxylic acids is 1. The summed E-state index contributed by atoms with van der Waals surface area (Å²) in [5.74, 6) is -1.12. The lowest BCUT2D eigenvalue weighted by molar-refractivity contribution is -0.137. The number of rotatable bonds is 7. The van der Waals surface area contributed by atoms with E-state index in [1.54, 1.807) is 36.5 Å². The van der Waals surface area contributed by atoms with Crippen LogP contribution in [0.15, 0.2) is 65.6 Å². The Labute approximate surface area is 198 Å². The lowest BCUT2D eigenvalue weighted by Crippen LogP contribution is -2.36. The van der Waals surface area contributed by atoms with E-state index in [1.165, 1.54) is 22.8 Å². The van der Waals surface area contributed by atoms with Crippen LogP contribution in [0.1, 0.15) is 23.6 Å². The molecule has 166 valence electrons. The predicted molar refractivity (Wildman–Crippen MR) is 125 cm³/mol. The Balaban J connectivity index is 1.78. The van der Waals surface area contributed by atoms with E-state index >= 15 is 0 Å². The van der Waals surface area contributed by atoms with Crippen LogP contribution in [-0.4, -0.2) is 21.7 Å². The van der Waals surface area contributed by atoms with Gasteiger partial charge in [0.2, 0.25) is 0 Å². The van der Waals surface area contributed by atoms with Crippen molar-refractivity contribution in [2.24, 2.45) is 0 Å². The SMILES string of the molecule is O=C(O)CC(NC(=O)Nc1cccn(Cc2ccccc2Cl)c1=O)c1ccc(Cl)c(Cl)c1. The van der Waals surface area contributed by atoms with Gasteiger partial charge in [-0.3, -0.25) is 9.59 Å². The Morgan fingerprint density at radius 2 is 1.72 bits per heavy atom. The third kappa shape index (κ3) is 6.03. The molecule has 2 amide bonds. The summed E-state index contributed by atoms with van der Waals surface area (Å²) in [5, 5.41) is 15.3. The van der Waals surface area contributed by atoms with Crippen molar-refractivity contribution in [3.63, 3.8) is 0 Å². The second-order valence-electron chi connectivity index (χ2n) is 6.87. The van der Waals surface area contributed by atoms with Crippen molar-refractivity contribution in [2.45, 2.75) is 19.0 Å². The molecule has 3 rings (SSSR count). The van der Waals surface area contributed by atoms with E-state index in [0.29, 0.717) is 15.6 Å². The third-order valence-electron chi connectivity index (χ3n) is 4.60. The molecule has 7 nitrogen and oxygen atoms in total. The van der Waals surface area contributed by atoms with Gasteiger partial charge in [-0.05, 0) is 41.5 Å². The number of carboxylic acids is 1. The molecule has 0 saturated heterocycles. The van der Waals surface area contributed by atoms with E-state index in [2.05, 4.69) is 10.6 Å². The number of carbonyl (C=O) groups is 2. The maximum Gasteiger partial charge on any atom is 0.319 e. The number of halogens is 3. The van der Waals surface area contributed by atoms with Crippen molar-refractivity contribution in [1.29, 1.82) is 0 Å². The third-order valence-corrected chi connectivity index (χ3v) is 5.70. The first-order chi connectivity index (χ1) is 15.2. The van der Waals surface area contributed by atoms with Crippen LogP contribution in [0.3, 0.4) is 0 Å². The predicted octanol–water partition coefficient (Wildman–Crippen LogP) is 5.19. The van der Waals surface area contributed by atoms with Gasteiger partial charge < -0.3 is 20.3 Å². The Morgan fingerprint density at radius 3 is 2.41 bits per heavy atom. The minimum Gasteiger partial charge on any atom is -0.481 e. The fourth-order valence-corrected chi connectivity index (χ4v) is 3.54.